The number of nitrogens with one attached hydrogen (secondary N) is 2. The normalized spacial score (nSPS) is 16.1. The van der Waals surface area contributed by atoms with Gasteiger partial charge in [0.15, 0.2) is 5.65 Å². The van der Waals surface area contributed by atoms with E-state index in [4.69, 9.17) is 14.5 Å². The van der Waals surface area contributed by atoms with Crippen molar-refractivity contribution < 1.29 is 14.3 Å². The molecule has 2 aromatic heterocycles. The Kier molecular flexibility index (Phi) is 7.42. The van der Waals surface area contributed by atoms with E-state index in [0.29, 0.717) is 12.3 Å². The maximum atomic E-state index is 12.6. The molecule has 2 aliphatic rings. The van der Waals surface area contributed by atoms with Gasteiger partial charge in [-0.2, -0.15) is 0 Å². The first kappa shape index (κ1) is 25.3. The second-order valence-corrected chi connectivity index (χ2v) is 10.2. The number of rotatable bonds is 7. The number of hydrogen-bond donors (Lipinski definition) is 2. The van der Waals surface area contributed by atoms with Crippen molar-refractivity contribution in [2.45, 2.75) is 19.8 Å². The molecule has 39 heavy (non-hydrogen) atoms. The first-order chi connectivity index (χ1) is 19.1. The van der Waals surface area contributed by atoms with Gasteiger partial charge in [-0.05, 0) is 61.2 Å². The Balaban J connectivity index is 1.14. The number of amides is 2. The van der Waals surface area contributed by atoms with Crippen molar-refractivity contribution in [2.75, 3.05) is 57.9 Å². The second-order valence-electron chi connectivity index (χ2n) is 10.2. The topological polar surface area (TPSA) is 95.6 Å². The van der Waals surface area contributed by atoms with Gasteiger partial charge in [0.25, 0.3) is 0 Å². The molecule has 2 amide bonds. The molecule has 2 aliphatic heterocycles. The summed E-state index contributed by atoms with van der Waals surface area (Å²) in [5.41, 5.74) is 6.34. The maximum absolute atomic E-state index is 12.6. The molecule has 4 aromatic rings. The summed E-state index contributed by atoms with van der Waals surface area (Å²) in [5, 5.41) is 3.03. The van der Waals surface area contributed by atoms with Gasteiger partial charge in [-0.1, -0.05) is 18.2 Å². The lowest BCUT2D eigenvalue weighted by Crippen LogP contribution is -2.38. The Morgan fingerprint density at radius 2 is 1.82 bits per heavy atom. The number of pyridine rings is 1. The molecule has 2 fully saturated rings. The summed E-state index contributed by atoms with van der Waals surface area (Å²) >= 11 is 0. The predicted molar refractivity (Wildman–Crippen MR) is 152 cm³/mol. The number of morpholine rings is 1. The number of carbonyl (C=O) groups is 1. The maximum Gasteiger partial charge on any atom is 0.321 e. The molecule has 4 heterocycles. The van der Waals surface area contributed by atoms with E-state index in [1.807, 2.05) is 48.4 Å². The number of fused-ring (bicyclic) bond motifs is 1. The number of carbonyl (C=O) groups excluding carboxylic acids is 1. The van der Waals surface area contributed by atoms with Gasteiger partial charge < -0.3 is 24.7 Å². The number of imidazole rings is 1. The molecule has 0 bridgehead atoms. The van der Waals surface area contributed by atoms with E-state index < -0.39 is 0 Å². The number of likely N-dealkylation sites (tertiary alicyclic amines) is 1. The number of ether oxygens (including phenoxy) is 2. The highest BCUT2D eigenvalue weighted by atomic mass is 16.5. The number of aryl methyl sites for hydroxylation is 1. The lowest BCUT2D eigenvalue weighted by atomic mass is 10.1. The van der Waals surface area contributed by atoms with E-state index in [1.54, 1.807) is 0 Å². The van der Waals surface area contributed by atoms with Crippen LogP contribution in [0.15, 0.2) is 54.7 Å². The van der Waals surface area contributed by atoms with Gasteiger partial charge in [-0.3, -0.25) is 4.90 Å². The molecule has 0 unspecified atom stereocenters. The summed E-state index contributed by atoms with van der Waals surface area (Å²) in [6.45, 7) is 8.76. The number of nitrogens with zero attached hydrogens (tertiary/aromatic N) is 4. The number of aromatic nitrogens is 3. The van der Waals surface area contributed by atoms with Crippen LogP contribution in [0.4, 0.5) is 10.5 Å². The molecule has 6 rings (SSSR count). The molecule has 2 N–H and O–H groups in total. The van der Waals surface area contributed by atoms with Crippen molar-refractivity contribution in [3.05, 3.63) is 60.3 Å². The number of benzene rings is 2. The van der Waals surface area contributed by atoms with E-state index in [1.165, 1.54) is 0 Å². The number of aromatic amines is 1. The molecule has 202 valence electrons. The monoisotopic (exact) mass is 526 g/mol. The zero-order valence-electron chi connectivity index (χ0n) is 22.3. The molecule has 0 saturated carbocycles. The fourth-order valence-electron chi connectivity index (χ4n) is 5.12. The van der Waals surface area contributed by atoms with Gasteiger partial charge >= 0.3 is 6.03 Å². The van der Waals surface area contributed by atoms with Crippen molar-refractivity contribution in [1.82, 2.24) is 24.8 Å². The lowest BCUT2D eigenvalue weighted by molar-refractivity contribution is 0.0322. The van der Waals surface area contributed by atoms with Crippen molar-refractivity contribution in [2.24, 2.45) is 0 Å². The molecule has 9 heteroatoms. The minimum Gasteiger partial charge on any atom is -0.492 e. The largest absolute Gasteiger partial charge is 0.492 e. The molecule has 0 spiro atoms. The molecule has 0 aliphatic carbocycles. The Labute approximate surface area is 228 Å². The molecular weight excluding hydrogens is 492 g/mol. The van der Waals surface area contributed by atoms with Crippen LogP contribution in [0.1, 0.15) is 18.4 Å². The van der Waals surface area contributed by atoms with E-state index in [0.717, 1.165) is 104 Å². The fourth-order valence-corrected chi connectivity index (χ4v) is 5.12. The third-order valence-corrected chi connectivity index (χ3v) is 7.44. The SMILES string of the molecule is Cc1ccc(NC(=O)N2CCCC2)cc1-c1nc2ncc(-c3ccc(OCCN4CCOCC4)cc3)cc2[nH]1. The van der Waals surface area contributed by atoms with Crippen LogP contribution in [0.25, 0.3) is 33.7 Å². The first-order valence-corrected chi connectivity index (χ1v) is 13.7. The molecule has 2 saturated heterocycles. The molecule has 0 radical (unpaired) electrons. The third kappa shape index (κ3) is 5.89. The van der Waals surface area contributed by atoms with E-state index >= 15 is 0 Å². The highest BCUT2D eigenvalue weighted by Gasteiger charge is 2.18. The van der Waals surface area contributed by atoms with Crippen molar-refractivity contribution in [1.29, 1.82) is 0 Å². The highest BCUT2D eigenvalue weighted by molar-refractivity contribution is 5.91. The van der Waals surface area contributed by atoms with Gasteiger partial charge in [0, 0.05) is 55.7 Å². The van der Waals surface area contributed by atoms with Crippen LogP contribution in [0.3, 0.4) is 0 Å². The quantitative estimate of drug-likeness (QED) is 0.354. The Morgan fingerprint density at radius 3 is 2.62 bits per heavy atom. The van der Waals surface area contributed by atoms with Crippen LogP contribution in [0, 0.1) is 6.92 Å². The summed E-state index contributed by atoms with van der Waals surface area (Å²) in [6.07, 6.45) is 3.97. The van der Waals surface area contributed by atoms with Crippen LogP contribution in [0.5, 0.6) is 5.75 Å². The fraction of sp³-hybridized carbons (Fsp3) is 0.367. The average molecular weight is 527 g/mol. The van der Waals surface area contributed by atoms with E-state index in [-0.39, 0.29) is 6.03 Å². The molecular formula is C30H34N6O3. The van der Waals surface area contributed by atoms with Crippen LogP contribution < -0.4 is 10.1 Å². The average Bonchev–Trinajstić information content (AvgIpc) is 3.65. The Hall–Kier alpha value is -3.95. The zero-order valence-corrected chi connectivity index (χ0v) is 22.3. The molecule has 2 aromatic carbocycles. The summed E-state index contributed by atoms with van der Waals surface area (Å²) in [6, 6.07) is 16.0. The zero-order chi connectivity index (χ0) is 26.6. The summed E-state index contributed by atoms with van der Waals surface area (Å²) < 4.78 is 11.4. The van der Waals surface area contributed by atoms with Gasteiger partial charge in [-0.25, -0.2) is 14.8 Å². The smallest absolute Gasteiger partial charge is 0.321 e. The first-order valence-electron chi connectivity index (χ1n) is 13.7. The van der Waals surface area contributed by atoms with E-state index in [9.17, 15) is 4.79 Å². The predicted octanol–water partition coefficient (Wildman–Crippen LogP) is 4.94. The minimum absolute atomic E-state index is 0.0493. The van der Waals surface area contributed by atoms with Gasteiger partial charge in [-0.15, -0.1) is 0 Å². The van der Waals surface area contributed by atoms with E-state index in [2.05, 4.69) is 38.4 Å². The number of H-pyrrole nitrogens is 1. The number of urea groups is 1. The Morgan fingerprint density at radius 1 is 1.03 bits per heavy atom. The van der Waals surface area contributed by atoms with Gasteiger partial charge in [0.2, 0.25) is 0 Å². The van der Waals surface area contributed by atoms with Gasteiger partial charge in [0.1, 0.15) is 18.2 Å². The highest BCUT2D eigenvalue weighted by Crippen LogP contribution is 2.29. The minimum atomic E-state index is -0.0493. The molecule has 0 atom stereocenters. The Bertz CT molecular complexity index is 1440. The molecule has 9 nitrogen and oxygen atoms in total. The van der Waals surface area contributed by atoms with Crippen molar-refractivity contribution in [3.63, 3.8) is 0 Å². The number of anilines is 1. The summed E-state index contributed by atoms with van der Waals surface area (Å²) in [4.78, 5) is 29.6. The summed E-state index contributed by atoms with van der Waals surface area (Å²) in [5.74, 6) is 1.59. The van der Waals surface area contributed by atoms with Crippen LogP contribution in [-0.2, 0) is 4.74 Å². The second kappa shape index (κ2) is 11.4. The van der Waals surface area contributed by atoms with Gasteiger partial charge in [0.05, 0.1) is 18.7 Å². The van der Waals surface area contributed by atoms with Crippen LogP contribution >= 0.6 is 0 Å². The van der Waals surface area contributed by atoms with Crippen LogP contribution in [-0.4, -0.2) is 83.3 Å². The number of hydrogen-bond acceptors (Lipinski definition) is 6. The van der Waals surface area contributed by atoms with Crippen molar-refractivity contribution in [3.8, 4) is 28.3 Å². The standard InChI is InChI=1S/C30H34N6O3/c1-21-4-7-24(32-30(37)36-10-2-3-11-36)19-26(21)28-33-27-18-23(20-31-29(27)34-28)22-5-8-25(9-6-22)39-17-14-35-12-15-38-16-13-35/h4-9,18-20H,2-3,10-17H2,1H3,(H,32,37)(H,31,33,34). The summed E-state index contributed by atoms with van der Waals surface area (Å²) in [7, 11) is 0. The third-order valence-electron chi connectivity index (χ3n) is 7.44. The van der Waals surface area contributed by atoms with Crippen LogP contribution in [0.2, 0.25) is 0 Å². The van der Waals surface area contributed by atoms with Crippen molar-refractivity contribution >= 4 is 22.9 Å². The lowest BCUT2D eigenvalue weighted by Gasteiger charge is -2.26.